The highest BCUT2D eigenvalue weighted by Gasteiger charge is 2.49. The lowest BCUT2D eigenvalue weighted by atomic mass is 9.92. The SMILES string of the molecule is CS(=O)(=O)c1cc2c(cc1C1(CC(=O)O)CC1)OCO2. The minimum atomic E-state index is -3.46. The van der Waals surface area contributed by atoms with Crippen LogP contribution in [-0.4, -0.2) is 32.5 Å². The van der Waals surface area contributed by atoms with Gasteiger partial charge in [0.05, 0.1) is 11.3 Å². The Labute approximate surface area is 116 Å². The van der Waals surface area contributed by atoms with Crippen LogP contribution in [0, 0.1) is 0 Å². The monoisotopic (exact) mass is 298 g/mol. The summed E-state index contributed by atoms with van der Waals surface area (Å²) >= 11 is 0. The summed E-state index contributed by atoms with van der Waals surface area (Å²) in [6, 6.07) is 3.06. The maximum absolute atomic E-state index is 12.0. The molecule has 1 aromatic carbocycles. The Hall–Kier alpha value is -1.76. The number of hydrogen-bond donors (Lipinski definition) is 1. The van der Waals surface area contributed by atoms with Gasteiger partial charge in [0, 0.05) is 17.7 Å². The van der Waals surface area contributed by atoms with Crippen LogP contribution in [-0.2, 0) is 20.0 Å². The number of carboxylic acid groups (broad SMARTS) is 1. The molecule has 1 saturated carbocycles. The fraction of sp³-hybridized carbons (Fsp3) is 0.462. The molecule has 1 heterocycles. The van der Waals surface area contributed by atoms with Crippen LogP contribution in [0.25, 0.3) is 0 Å². The van der Waals surface area contributed by atoms with Gasteiger partial charge in [0.15, 0.2) is 21.3 Å². The van der Waals surface area contributed by atoms with Crippen molar-refractivity contribution in [2.75, 3.05) is 13.0 Å². The summed E-state index contributed by atoms with van der Waals surface area (Å²) in [5.74, 6) is -0.0658. The molecule has 0 unspecified atom stereocenters. The summed E-state index contributed by atoms with van der Waals surface area (Å²) in [5.41, 5.74) is -0.0581. The quantitative estimate of drug-likeness (QED) is 0.901. The van der Waals surface area contributed by atoms with E-state index in [4.69, 9.17) is 14.6 Å². The van der Waals surface area contributed by atoms with Gasteiger partial charge >= 0.3 is 5.97 Å². The number of ether oxygens (including phenoxy) is 2. The molecule has 2 aliphatic rings. The van der Waals surface area contributed by atoms with Gasteiger partial charge in [-0.25, -0.2) is 8.42 Å². The number of carbonyl (C=O) groups is 1. The zero-order valence-corrected chi connectivity index (χ0v) is 11.7. The van der Waals surface area contributed by atoms with Crippen molar-refractivity contribution in [3.05, 3.63) is 17.7 Å². The molecule has 3 rings (SSSR count). The predicted octanol–water partition coefficient (Wildman–Crippen LogP) is 1.33. The smallest absolute Gasteiger partial charge is 0.304 e. The van der Waals surface area contributed by atoms with Crippen molar-refractivity contribution in [1.82, 2.24) is 0 Å². The van der Waals surface area contributed by atoms with E-state index in [0.29, 0.717) is 29.9 Å². The Morgan fingerprint density at radius 3 is 2.40 bits per heavy atom. The van der Waals surface area contributed by atoms with Crippen molar-refractivity contribution < 1.29 is 27.8 Å². The number of carboxylic acids is 1. The Bertz CT molecular complexity index is 687. The van der Waals surface area contributed by atoms with Crippen molar-refractivity contribution in [1.29, 1.82) is 0 Å². The van der Waals surface area contributed by atoms with Gasteiger partial charge in [-0.3, -0.25) is 4.79 Å². The maximum atomic E-state index is 12.0. The third kappa shape index (κ3) is 2.11. The highest BCUT2D eigenvalue weighted by molar-refractivity contribution is 7.90. The van der Waals surface area contributed by atoms with E-state index in [1.807, 2.05) is 0 Å². The average molecular weight is 298 g/mol. The zero-order chi connectivity index (χ0) is 14.5. The number of sulfone groups is 1. The second-order valence-corrected chi connectivity index (χ2v) is 7.31. The summed E-state index contributed by atoms with van der Waals surface area (Å²) < 4.78 is 34.4. The second-order valence-electron chi connectivity index (χ2n) is 5.32. The van der Waals surface area contributed by atoms with E-state index >= 15 is 0 Å². The predicted molar refractivity (Wildman–Crippen MR) is 68.8 cm³/mol. The van der Waals surface area contributed by atoms with Gasteiger partial charge in [0.2, 0.25) is 6.79 Å². The Kier molecular flexibility index (Phi) is 2.72. The van der Waals surface area contributed by atoms with Crippen LogP contribution in [0.1, 0.15) is 24.8 Å². The van der Waals surface area contributed by atoms with Gasteiger partial charge in [-0.05, 0) is 24.5 Å². The molecule has 108 valence electrons. The largest absolute Gasteiger partial charge is 0.481 e. The highest BCUT2D eigenvalue weighted by atomic mass is 32.2. The molecule has 0 atom stereocenters. The zero-order valence-electron chi connectivity index (χ0n) is 10.9. The highest BCUT2D eigenvalue weighted by Crippen LogP contribution is 2.55. The number of aliphatic carboxylic acids is 1. The molecule has 1 fully saturated rings. The molecule has 0 aromatic heterocycles. The van der Waals surface area contributed by atoms with Gasteiger partial charge in [-0.1, -0.05) is 0 Å². The lowest BCUT2D eigenvalue weighted by molar-refractivity contribution is -0.137. The van der Waals surface area contributed by atoms with Crippen molar-refractivity contribution in [3.8, 4) is 11.5 Å². The van der Waals surface area contributed by atoms with Crippen molar-refractivity contribution in [2.45, 2.75) is 29.6 Å². The summed E-state index contributed by atoms with van der Waals surface area (Å²) in [7, 11) is -3.46. The van der Waals surface area contributed by atoms with Crippen LogP contribution in [0.15, 0.2) is 17.0 Å². The molecule has 0 radical (unpaired) electrons. The molecule has 1 aliphatic heterocycles. The fourth-order valence-corrected chi connectivity index (χ4v) is 3.62. The summed E-state index contributed by atoms with van der Waals surface area (Å²) in [4.78, 5) is 11.2. The molecule has 0 saturated heterocycles. The fourth-order valence-electron chi connectivity index (χ4n) is 2.63. The minimum absolute atomic E-state index is 0.0495. The summed E-state index contributed by atoms with van der Waals surface area (Å²) in [6.07, 6.45) is 2.38. The van der Waals surface area contributed by atoms with E-state index in [-0.39, 0.29) is 18.1 Å². The molecule has 0 bridgehead atoms. The van der Waals surface area contributed by atoms with Crippen LogP contribution in [0.4, 0.5) is 0 Å². The molecule has 20 heavy (non-hydrogen) atoms. The van der Waals surface area contributed by atoms with E-state index in [2.05, 4.69) is 0 Å². The van der Waals surface area contributed by atoms with E-state index in [0.717, 1.165) is 6.26 Å². The first-order valence-corrected chi connectivity index (χ1v) is 8.07. The molecule has 1 aliphatic carbocycles. The van der Waals surface area contributed by atoms with E-state index in [9.17, 15) is 13.2 Å². The molecular formula is C13H14O6S. The van der Waals surface area contributed by atoms with E-state index < -0.39 is 21.2 Å². The van der Waals surface area contributed by atoms with Crippen molar-refractivity contribution in [2.24, 2.45) is 0 Å². The first-order chi connectivity index (χ1) is 9.32. The Morgan fingerprint density at radius 2 is 1.90 bits per heavy atom. The van der Waals surface area contributed by atoms with Crippen LogP contribution >= 0.6 is 0 Å². The van der Waals surface area contributed by atoms with Crippen LogP contribution in [0.3, 0.4) is 0 Å². The molecule has 1 N–H and O–H groups in total. The van der Waals surface area contributed by atoms with Crippen LogP contribution in [0.5, 0.6) is 11.5 Å². The number of hydrogen-bond acceptors (Lipinski definition) is 5. The van der Waals surface area contributed by atoms with Gasteiger partial charge in [0.1, 0.15) is 0 Å². The molecule has 1 aromatic rings. The first-order valence-electron chi connectivity index (χ1n) is 6.18. The van der Waals surface area contributed by atoms with Crippen molar-refractivity contribution >= 4 is 15.8 Å². The Morgan fingerprint density at radius 1 is 1.30 bits per heavy atom. The molecule has 7 heteroatoms. The number of benzene rings is 1. The topological polar surface area (TPSA) is 89.9 Å². The summed E-state index contributed by atoms with van der Waals surface area (Å²) in [6.45, 7) is 0.0495. The third-order valence-electron chi connectivity index (χ3n) is 3.79. The molecule has 6 nitrogen and oxygen atoms in total. The van der Waals surface area contributed by atoms with E-state index in [1.165, 1.54) is 6.07 Å². The Balaban J connectivity index is 2.17. The van der Waals surface area contributed by atoms with Gasteiger partial charge in [-0.15, -0.1) is 0 Å². The van der Waals surface area contributed by atoms with Gasteiger partial charge < -0.3 is 14.6 Å². The van der Waals surface area contributed by atoms with Gasteiger partial charge in [0.25, 0.3) is 0 Å². The lowest BCUT2D eigenvalue weighted by Crippen LogP contribution is -2.17. The third-order valence-corrected chi connectivity index (χ3v) is 4.93. The standard InChI is InChI=1S/C13H14O6S/c1-20(16,17)11-5-10-9(18-7-19-10)4-8(11)13(2-3-13)6-12(14)15/h4-5H,2-3,6-7H2,1H3,(H,14,15). The lowest BCUT2D eigenvalue weighted by Gasteiger charge is -2.17. The first kappa shape index (κ1) is 13.2. The molecule has 0 amide bonds. The maximum Gasteiger partial charge on any atom is 0.304 e. The average Bonchev–Trinajstić information content (AvgIpc) is 2.95. The van der Waals surface area contributed by atoms with Crippen LogP contribution < -0.4 is 9.47 Å². The molecule has 0 spiro atoms. The second kappa shape index (κ2) is 4.12. The molecular weight excluding hydrogens is 284 g/mol. The van der Waals surface area contributed by atoms with Crippen molar-refractivity contribution in [3.63, 3.8) is 0 Å². The van der Waals surface area contributed by atoms with Crippen LogP contribution in [0.2, 0.25) is 0 Å². The minimum Gasteiger partial charge on any atom is -0.481 e. The summed E-state index contributed by atoms with van der Waals surface area (Å²) in [5, 5.41) is 9.03. The number of fused-ring (bicyclic) bond motifs is 1. The normalized spacial score (nSPS) is 18.9. The van der Waals surface area contributed by atoms with E-state index in [1.54, 1.807) is 6.07 Å². The van der Waals surface area contributed by atoms with Gasteiger partial charge in [-0.2, -0.15) is 0 Å². The number of rotatable bonds is 4.